The second-order valence-corrected chi connectivity index (χ2v) is 8.57. The minimum atomic E-state index is -0.342. The van der Waals surface area contributed by atoms with Crippen molar-refractivity contribution in [3.05, 3.63) is 47.5 Å². The summed E-state index contributed by atoms with van der Waals surface area (Å²) in [5, 5.41) is 3.05. The summed E-state index contributed by atoms with van der Waals surface area (Å²) in [7, 11) is 0. The molecule has 5 rings (SSSR count). The van der Waals surface area contributed by atoms with Gasteiger partial charge in [0.2, 0.25) is 5.91 Å². The van der Waals surface area contributed by atoms with Crippen molar-refractivity contribution in [2.45, 2.75) is 44.6 Å². The smallest absolute Gasteiger partial charge is 0.236 e. The molecule has 0 bridgehead atoms. The van der Waals surface area contributed by atoms with E-state index in [1.807, 2.05) is 31.5 Å². The zero-order valence-corrected chi connectivity index (χ0v) is 17.4. The van der Waals surface area contributed by atoms with E-state index in [0.29, 0.717) is 12.1 Å². The van der Waals surface area contributed by atoms with Crippen molar-refractivity contribution in [2.75, 3.05) is 36.4 Å². The first kappa shape index (κ1) is 19.2. The Labute approximate surface area is 176 Å². The van der Waals surface area contributed by atoms with Crippen molar-refractivity contribution >= 4 is 23.1 Å². The largest absolute Gasteiger partial charge is 0.368 e. The summed E-state index contributed by atoms with van der Waals surface area (Å²) in [5.41, 5.74) is 4.26. The summed E-state index contributed by atoms with van der Waals surface area (Å²) in [5.74, 6) is 0.205. The number of anilines is 2. The maximum absolute atomic E-state index is 12.4. The van der Waals surface area contributed by atoms with Gasteiger partial charge in [-0.05, 0) is 36.6 Å². The molecule has 2 aromatic rings. The molecular formula is C23H27N5O2. The maximum atomic E-state index is 12.4. The minimum Gasteiger partial charge on any atom is -0.368 e. The number of hydrogen-bond donors (Lipinski definition) is 1. The second kappa shape index (κ2) is 7.47. The summed E-state index contributed by atoms with van der Waals surface area (Å²) in [4.78, 5) is 37.9. The number of amides is 1. The van der Waals surface area contributed by atoms with E-state index in [2.05, 4.69) is 31.2 Å². The number of carbonyl (C=O) groups is 2. The van der Waals surface area contributed by atoms with Gasteiger partial charge in [-0.3, -0.25) is 24.5 Å². The first-order chi connectivity index (χ1) is 14.6. The molecule has 0 aromatic carbocycles. The van der Waals surface area contributed by atoms with E-state index in [1.165, 1.54) is 0 Å². The van der Waals surface area contributed by atoms with Crippen molar-refractivity contribution < 1.29 is 9.59 Å². The lowest BCUT2D eigenvalue weighted by atomic mass is 9.67. The van der Waals surface area contributed by atoms with Crippen LogP contribution in [0, 0.1) is 0 Å². The lowest BCUT2D eigenvalue weighted by Gasteiger charge is -2.36. The summed E-state index contributed by atoms with van der Waals surface area (Å²) in [6.45, 7) is 6.42. The van der Waals surface area contributed by atoms with Gasteiger partial charge in [0.1, 0.15) is 5.69 Å². The Bertz CT molecular complexity index is 976. The van der Waals surface area contributed by atoms with Crippen molar-refractivity contribution in [3.63, 3.8) is 0 Å². The number of rotatable bonds is 5. The Hall–Kier alpha value is -2.80. The van der Waals surface area contributed by atoms with Gasteiger partial charge in [0, 0.05) is 45.3 Å². The number of hydrogen-bond acceptors (Lipinski definition) is 6. The van der Waals surface area contributed by atoms with Crippen LogP contribution in [0.3, 0.4) is 0 Å². The fourth-order valence-electron chi connectivity index (χ4n) is 4.76. The molecule has 1 N–H and O–H groups in total. The third kappa shape index (κ3) is 3.17. The molecule has 1 spiro atoms. The first-order valence-corrected chi connectivity index (χ1v) is 10.9. The number of piperazine rings is 1. The summed E-state index contributed by atoms with van der Waals surface area (Å²) in [6, 6.07) is 5.93. The van der Waals surface area contributed by atoms with Crippen molar-refractivity contribution in [2.24, 2.45) is 0 Å². The molecule has 4 heterocycles. The van der Waals surface area contributed by atoms with Crippen LogP contribution in [0.4, 0.5) is 11.4 Å². The van der Waals surface area contributed by atoms with E-state index in [0.717, 1.165) is 74.6 Å². The Morgan fingerprint density at radius 3 is 2.57 bits per heavy atom. The molecule has 7 heteroatoms. The van der Waals surface area contributed by atoms with Gasteiger partial charge in [0.25, 0.3) is 0 Å². The fraction of sp³-hybridized carbons (Fsp3) is 0.478. The highest BCUT2D eigenvalue weighted by molar-refractivity contribution is 6.06. The number of carbonyl (C=O) groups excluding carboxylic acids is 2. The molecule has 1 amide bonds. The van der Waals surface area contributed by atoms with Crippen molar-refractivity contribution in [1.82, 2.24) is 14.9 Å². The third-order valence-corrected chi connectivity index (χ3v) is 6.79. The van der Waals surface area contributed by atoms with Gasteiger partial charge in [-0.15, -0.1) is 0 Å². The predicted octanol–water partition coefficient (Wildman–Crippen LogP) is 2.77. The third-order valence-electron chi connectivity index (χ3n) is 6.79. The molecule has 0 radical (unpaired) electrons. The molecule has 156 valence electrons. The second-order valence-electron chi connectivity index (χ2n) is 8.57. The van der Waals surface area contributed by atoms with Gasteiger partial charge < -0.3 is 10.2 Å². The molecular weight excluding hydrogens is 378 g/mol. The highest BCUT2D eigenvalue weighted by atomic mass is 16.2. The van der Waals surface area contributed by atoms with Gasteiger partial charge in [0.05, 0.1) is 28.7 Å². The molecule has 2 fully saturated rings. The van der Waals surface area contributed by atoms with Gasteiger partial charge in [-0.1, -0.05) is 13.3 Å². The number of pyridine rings is 2. The highest BCUT2D eigenvalue weighted by Gasteiger charge is 2.52. The Balaban J connectivity index is 1.20. The average Bonchev–Trinajstić information content (AvgIpc) is 3.05. The molecule has 0 unspecified atom stereocenters. The van der Waals surface area contributed by atoms with E-state index >= 15 is 0 Å². The van der Waals surface area contributed by atoms with E-state index in [1.54, 1.807) is 0 Å². The van der Waals surface area contributed by atoms with Crippen LogP contribution < -0.4 is 10.2 Å². The molecule has 7 nitrogen and oxygen atoms in total. The molecule has 2 aromatic heterocycles. The van der Waals surface area contributed by atoms with Crippen LogP contribution in [-0.2, 0) is 16.8 Å². The van der Waals surface area contributed by atoms with Crippen LogP contribution in [0.1, 0.15) is 54.4 Å². The Kier molecular flexibility index (Phi) is 4.77. The van der Waals surface area contributed by atoms with Crippen LogP contribution in [0.5, 0.6) is 0 Å². The minimum absolute atomic E-state index is 0.0775. The van der Waals surface area contributed by atoms with E-state index < -0.39 is 0 Å². The summed E-state index contributed by atoms with van der Waals surface area (Å²) < 4.78 is 0. The van der Waals surface area contributed by atoms with E-state index in [-0.39, 0.29) is 17.1 Å². The lowest BCUT2D eigenvalue weighted by Crippen LogP contribution is -2.46. The van der Waals surface area contributed by atoms with E-state index in [9.17, 15) is 9.59 Å². The molecule has 2 aliphatic heterocycles. The first-order valence-electron chi connectivity index (χ1n) is 10.9. The molecule has 1 saturated heterocycles. The van der Waals surface area contributed by atoms with Gasteiger partial charge in [-0.25, -0.2) is 0 Å². The number of nitrogens with one attached hydrogen (secondary N) is 1. The molecule has 0 atom stereocenters. The standard InChI is InChI=1S/C23H27N5O2/c1-2-20(29)18-5-4-17(14-24-18)28-10-8-27(9-11-28)15-16-12-19-21(25-13-16)23(6-3-7-23)22(30)26-19/h4-5,12-14H,2-3,6-11,15H2,1H3,(H,26,30). The van der Waals surface area contributed by atoms with Crippen LogP contribution >= 0.6 is 0 Å². The fourth-order valence-corrected chi connectivity index (χ4v) is 4.76. The normalized spacial score (nSPS) is 20.0. The van der Waals surface area contributed by atoms with Crippen LogP contribution in [0.25, 0.3) is 0 Å². The Morgan fingerprint density at radius 2 is 1.93 bits per heavy atom. The monoisotopic (exact) mass is 405 g/mol. The number of nitrogens with zero attached hydrogens (tertiary/aromatic N) is 4. The van der Waals surface area contributed by atoms with E-state index in [4.69, 9.17) is 0 Å². The maximum Gasteiger partial charge on any atom is 0.236 e. The molecule has 1 aliphatic carbocycles. The quantitative estimate of drug-likeness (QED) is 0.771. The number of ketones is 1. The molecule has 1 saturated carbocycles. The van der Waals surface area contributed by atoms with Crippen LogP contribution in [0.15, 0.2) is 30.6 Å². The number of aromatic nitrogens is 2. The summed E-state index contributed by atoms with van der Waals surface area (Å²) >= 11 is 0. The average molecular weight is 406 g/mol. The predicted molar refractivity (Wildman–Crippen MR) is 115 cm³/mol. The highest BCUT2D eigenvalue weighted by Crippen LogP contribution is 2.50. The topological polar surface area (TPSA) is 78.4 Å². The number of fused-ring (bicyclic) bond motifs is 2. The zero-order valence-electron chi connectivity index (χ0n) is 17.4. The van der Waals surface area contributed by atoms with Crippen LogP contribution in [-0.4, -0.2) is 52.7 Å². The molecule has 30 heavy (non-hydrogen) atoms. The van der Waals surface area contributed by atoms with Crippen molar-refractivity contribution in [1.29, 1.82) is 0 Å². The Morgan fingerprint density at radius 1 is 1.13 bits per heavy atom. The number of Topliss-reactive ketones (excluding diaryl/α,β-unsaturated/α-hetero) is 1. The lowest BCUT2D eigenvalue weighted by molar-refractivity contribution is -0.123. The summed E-state index contributed by atoms with van der Waals surface area (Å²) in [6.07, 6.45) is 7.17. The van der Waals surface area contributed by atoms with Gasteiger partial charge >= 0.3 is 0 Å². The zero-order chi connectivity index (χ0) is 20.7. The van der Waals surface area contributed by atoms with Crippen molar-refractivity contribution in [3.8, 4) is 0 Å². The van der Waals surface area contributed by atoms with Crippen LogP contribution in [0.2, 0.25) is 0 Å². The van der Waals surface area contributed by atoms with Gasteiger partial charge in [0.15, 0.2) is 5.78 Å². The van der Waals surface area contributed by atoms with Gasteiger partial charge in [-0.2, -0.15) is 0 Å². The molecule has 3 aliphatic rings. The SMILES string of the molecule is CCC(=O)c1ccc(N2CCN(Cc3cnc4c(c3)NC(=O)C43CCC3)CC2)cn1.